The Labute approximate surface area is 149 Å². The number of rotatable bonds is 2. The summed E-state index contributed by atoms with van der Waals surface area (Å²) in [4.78, 5) is 21.6. The summed E-state index contributed by atoms with van der Waals surface area (Å²) in [6, 6.07) is 19.5. The molecule has 25 heavy (non-hydrogen) atoms. The summed E-state index contributed by atoms with van der Waals surface area (Å²) < 4.78 is 10.1. The molecule has 2 aromatic carbocycles. The second kappa shape index (κ2) is 11.7. The summed E-state index contributed by atoms with van der Waals surface area (Å²) in [6.07, 6.45) is 1.54. The third-order valence-electron chi connectivity index (χ3n) is 3.14. The minimum atomic E-state index is -0.0463. The average Bonchev–Trinajstić information content (AvgIpc) is 3.09. The molecule has 1 heterocycles. The highest BCUT2D eigenvalue weighted by Crippen LogP contribution is 2.19. The normalized spacial score (nSPS) is 11.9. The molecule has 0 aromatic heterocycles. The Hall–Kier alpha value is -2.82. The van der Waals surface area contributed by atoms with Crippen molar-refractivity contribution < 1.29 is 19.1 Å². The first-order valence-electron chi connectivity index (χ1n) is 8.10. The molecule has 0 atom stereocenters. The van der Waals surface area contributed by atoms with Crippen molar-refractivity contribution in [3.05, 3.63) is 60.7 Å². The molecule has 0 aliphatic carbocycles. The zero-order chi connectivity index (χ0) is 18.5. The lowest BCUT2D eigenvalue weighted by Gasteiger charge is -2.03. The molecule has 1 fully saturated rings. The Morgan fingerprint density at radius 1 is 0.960 bits per heavy atom. The molecule has 1 amide bonds. The summed E-state index contributed by atoms with van der Waals surface area (Å²) in [5, 5.41) is 0. The van der Waals surface area contributed by atoms with Crippen LogP contribution >= 0.6 is 0 Å². The maximum absolute atomic E-state index is 10.1. The summed E-state index contributed by atoms with van der Waals surface area (Å²) in [7, 11) is 3.45. The number of carbonyl (C=O) groups is 2. The summed E-state index contributed by atoms with van der Waals surface area (Å²) in [5.74, 6) is 1.78. The summed E-state index contributed by atoms with van der Waals surface area (Å²) in [5.41, 5.74) is 0. The van der Waals surface area contributed by atoms with Crippen LogP contribution in [0.5, 0.6) is 11.5 Å². The molecule has 1 aliphatic rings. The van der Waals surface area contributed by atoms with Gasteiger partial charge in [0, 0.05) is 27.4 Å². The van der Waals surface area contributed by atoms with Crippen molar-refractivity contribution in [2.24, 2.45) is 0 Å². The second-order valence-corrected chi connectivity index (χ2v) is 5.47. The molecule has 5 nitrogen and oxygen atoms in total. The zero-order valence-corrected chi connectivity index (χ0v) is 15.0. The Morgan fingerprint density at radius 3 is 1.64 bits per heavy atom. The molecule has 0 saturated carbocycles. The van der Waals surface area contributed by atoms with E-state index in [1.165, 1.54) is 11.8 Å². The van der Waals surface area contributed by atoms with Crippen molar-refractivity contribution in [2.45, 2.75) is 19.8 Å². The van der Waals surface area contributed by atoms with E-state index < -0.39 is 0 Å². The maximum Gasteiger partial charge on any atom is 0.305 e. The molecule has 0 unspecified atom stereocenters. The van der Waals surface area contributed by atoms with Gasteiger partial charge in [-0.25, -0.2) is 0 Å². The van der Waals surface area contributed by atoms with Crippen LogP contribution in [0.3, 0.4) is 0 Å². The molecule has 0 radical (unpaired) electrons. The molecular formula is C20H25NO4. The third-order valence-corrected chi connectivity index (χ3v) is 3.14. The van der Waals surface area contributed by atoms with Crippen LogP contribution in [0.1, 0.15) is 19.8 Å². The van der Waals surface area contributed by atoms with Crippen LogP contribution in [-0.4, -0.2) is 37.5 Å². The second-order valence-electron chi connectivity index (χ2n) is 5.47. The van der Waals surface area contributed by atoms with Crippen molar-refractivity contribution in [1.82, 2.24) is 4.90 Å². The predicted octanol–water partition coefficient (Wildman–Crippen LogP) is 3.90. The number of hydrogen-bond donors (Lipinski definition) is 0. The first kappa shape index (κ1) is 20.2. The molecule has 1 saturated heterocycles. The van der Waals surface area contributed by atoms with Gasteiger partial charge in [0.15, 0.2) is 0 Å². The topological polar surface area (TPSA) is 55.8 Å². The molecular weight excluding hydrogens is 318 g/mol. The standard InChI is InChI=1S/C12H10O.C4H9NO.C4H6O2/c1-3-7-11(8-4-1)13-12-9-5-2-6-10-12;1-4(6)5(2)3;5-4-2-1-3-6-4/h1-10H;1-3H3;1-3H2. The largest absolute Gasteiger partial charge is 0.466 e. The van der Waals surface area contributed by atoms with Crippen molar-refractivity contribution in [2.75, 3.05) is 20.7 Å². The van der Waals surface area contributed by atoms with Gasteiger partial charge >= 0.3 is 5.97 Å². The van der Waals surface area contributed by atoms with Crippen molar-refractivity contribution in [3.63, 3.8) is 0 Å². The molecule has 2 aromatic rings. The van der Waals surface area contributed by atoms with Gasteiger partial charge in [-0.2, -0.15) is 0 Å². The number of nitrogens with zero attached hydrogens (tertiary/aromatic N) is 1. The highest BCUT2D eigenvalue weighted by molar-refractivity contribution is 5.72. The fraction of sp³-hybridized carbons (Fsp3) is 0.300. The van der Waals surface area contributed by atoms with Crippen molar-refractivity contribution in [1.29, 1.82) is 0 Å². The molecule has 5 heteroatoms. The van der Waals surface area contributed by atoms with Gasteiger partial charge in [-0.05, 0) is 30.7 Å². The highest BCUT2D eigenvalue weighted by Gasteiger charge is 2.08. The van der Waals surface area contributed by atoms with E-state index in [-0.39, 0.29) is 11.9 Å². The molecule has 0 N–H and O–H groups in total. The maximum atomic E-state index is 10.1. The molecule has 1 aliphatic heterocycles. The molecule has 0 bridgehead atoms. The quantitative estimate of drug-likeness (QED) is 0.776. The molecule has 134 valence electrons. The number of carbonyl (C=O) groups excluding carboxylic acids is 2. The Kier molecular flexibility index (Phi) is 9.45. The van der Waals surface area contributed by atoms with Gasteiger partial charge in [-0.3, -0.25) is 9.59 Å². The molecule has 3 rings (SSSR count). The van der Waals surface area contributed by atoms with Gasteiger partial charge in [0.2, 0.25) is 5.91 Å². The van der Waals surface area contributed by atoms with E-state index in [9.17, 15) is 9.59 Å². The minimum Gasteiger partial charge on any atom is -0.466 e. The number of ether oxygens (including phenoxy) is 2. The smallest absolute Gasteiger partial charge is 0.305 e. The van der Waals surface area contributed by atoms with Gasteiger partial charge in [0.25, 0.3) is 0 Å². The van der Waals surface area contributed by atoms with Gasteiger partial charge in [0.1, 0.15) is 11.5 Å². The van der Waals surface area contributed by atoms with Crippen LogP contribution in [0.15, 0.2) is 60.7 Å². The van der Waals surface area contributed by atoms with Gasteiger partial charge in [-0.1, -0.05) is 36.4 Å². The van der Waals surface area contributed by atoms with E-state index >= 15 is 0 Å². The van der Waals surface area contributed by atoms with E-state index in [0.29, 0.717) is 13.0 Å². The first-order chi connectivity index (χ1) is 12.0. The molecule has 0 spiro atoms. The highest BCUT2D eigenvalue weighted by atomic mass is 16.5. The number of para-hydroxylation sites is 2. The first-order valence-corrected chi connectivity index (χ1v) is 8.10. The van der Waals surface area contributed by atoms with Crippen molar-refractivity contribution in [3.8, 4) is 11.5 Å². The van der Waals surface area contributed by atoms with E-state index in [4.69, 9.17) is 4.74 Å². The van der Waals surface area contributed by atoms with E-state index in [2.05, 4.69) is 4.74 Å². The number of amides is 1. The van der Waals surface area contributed by atoms with Gasteiger partial charge < -0.3 is 14.4 Å². The Morgan fingerprint density at radius 2 is 1.40 bits per heavy atom. The van der Waals surface area contributed by atoms with Crippen LogP contribution < -0.4 is 4.74 Å². The number of cyclic esters (lactones) is 1. The van der Waals surface area contributed by atoms with Crippen LogP contribution in [0.4, 0.5) is 0 Å². The summed E-state index contributed by atoms with van der Waals surface area (Å²) >= 11 is 0. The lowest BCUT2D eigenvalue weighted by molar-refractivity contribution is -0.138. The fourth-order valence-electron chi connectivity index (χ4n) is 1.59. The lowest BCUT2D eigenvalue weighted by Crippen LogP contribution is -2.17. The minimum absolute atomic E-state index is 0.0463. The Balaban J connectivity index is 0.000000218. The predicted molar refractivity (Wildman–Crippen MR) is 97.5 cm³/mol. The van der Waals surface area contributed by atoms with Gasteiger partial charge in [0.05, 0.1) is 6.61 Å². The zero-order valence-electron chi connectivity index (χ0n) is 15.0. The SMILES string of the molecule is CC(=O)N(C)C.O=C1CCCO1.c1ccc(Oc2ccccc2)cc1. The third kappa shape index (κ3) is 9.81. The average molecular weight is 343 g/mol. The van der Waals surface area contributed by atoms with Crippen LogP contribution in [0.2, 0.25) is 0 Å². The fourth-order valence-corrected chi connectivity index (χ4v) is 1.59. The van der Waals surface area contributed by atoms with Crippen molar-refractivity contribution >= 4 is 11.9 Å². The summed E-state index contributed by atoms with van der Waals surface area (Å²) in [6.45, 7) is 2.17. The van der Waals surface area contributed by atoms with Crippen LogP contribution in [-0.2, 0) is 14.3 Å². The van der Waals surface area contributed by atoms with E-state index in [1.54, 1.807) is 14.1 Å². The lowest BCUT2D eigenvalue weighted by atomic mass is 10.3. The van der Waals surface area contributed by atoms with Crippen LogP contribution in [0.25, 0.3) is 0 Å². The van der Waals surface area contributed by atoms with Crippen LogP contribution in [0, 0.1) is 0 Å². The number of benzene rings is 2. The van der Waals surface area contributed by atoms with E-state index in [1.807, 2.05) is 60.7 Å². The van der Waals surface area contributed by atoms with E-state index in [0.717, 1.165) is 17.9 Å². The Bertz CT molecular complexity index is 579. The number of hydrogen-bond acceptors (Lipinski definition) is 4. The van der Waals surface area contributed by atoms with Gasteiger partial charge in [-0.15, -0.1) is 0 Å². The monoisotopic (exact) mass is 343 g/mol. The number of esters is 1.